The van der Waals surface area contributed by atoms with Crippen LogP contribution < -0.4 is 11.1 Å². The van der Waals surface area contributed by atoms with E-state index in [1.807, 2.05) is 7.05 Å². The predicted octanol–water partition coefficient (Wildman–Crippen LogP) is 0.339. The number of aryl methyl sites for hydroxylation is 1. The summed E-state index contributed by atoms with van der Waals surface area (Å²) in [5, 5.41) is 10.6. The van der Waals surface area contributed by atoms with Crippen molar-refractivity contribution in [2.75, 3.05) is 0 Å². The topological polar surface area (TPSA) is 85.8 Å². The van der Waals surface area contributed by atoms with Gasteiger partial charge in [-0.15, -0.1) is 10.2 Å². The first-order valence-electron chi connectivity index (χ1n) is 6.54. The van der Waals surface area contributed by atoms with E-state index in [-0.39, 0.29) is 17.9 Å². The van der Waals surface area contributed by atoms with Crippen LogP contribution in [0.5, 0.6) is 0 Å². The third-order valence-electron chi connectivity index (χ3n) is 3.63. The summed E-state index contributed by atoms with van der Waals surface area (Å²) >= 11 is 0. The molecule has 1 saturated carbocycles. The maximum atomic E-state index is 12.1. The first kappa shape index (κ1) is 13.0. The Morgan fingerprint density at radius 3 is 3.00 bits per heavy atom. The maximum Gasteiger partial charge on any atom is 0.225 e. The van der Waals surface area contributed by atoms with Crippen molar-refractivity contribution >= 4 is 5.91 Å². The van der Waals surface area contributed by atoms with Crippen molar-refractivity contribution in [2.45, 2.75) is 44.7 Å². The van der Waals surface area contributed by atoms with Crippen LogP contribution in [-0.4, -0.2) is 26.7 Å². The van der Waals surface area contributed by atoms with E-state index in [1.54, 1.807) is 10.9 Å². The highest BCUT2D eigenvalue weighted by Gasteiger charge is 2.26. The zero-order valence-corrected chi connectivity index (χ0v) is 10.8. The minimum atomic E-state index is -0.0549. The van der Waals surface area contributed by atoms with Crippen LogP contribution in [-0.2, 0) is 18.4 Å². The van der Waals surface area contributed by atoms with E-state index in [0.29, 0.717) is 6.54 Å². The Bertz CT molecular complexity index is 403. The molecule has 1 aromatic rings. The van der Waals surface area contributed by atoms with Gasteiger partial charge in [0.2, 0.25) is 5.91 Å². The summed E-state index contributed by atoms with van der Waals surface area (Å²) in [7, 11) is 1.86. The molecule has 18 heavy (non-hydrogen) atoms. The lowest BCUT2D eigenvalue weighted by Crippen LogP contribution is -2.41. The van der Waals surface area contributed by atoms with E-state index in [2.05, 4.69) is 15.5 Å². The van der Waals surface area contributed by atoms with Crippen molar-refractivity contribution in [3.8, 4) is 0 Å². The number of carbonyl (C=O) groups excluding carboxylic acids is 1. The van der Waals surface area contributed by atoms with Gasteiger partial charge in [-0.3, -0.25) is 4.79 Å². The van der Waals surface area contributed by atoms with Gasteiger partial charge >= 0.3 is 0 Å². The lowest BCUT2D eigenvalue weighted by Gasteiger charge is -2.20. The largest absolute Gasteiger partial charge is 0.349 e. The normalized spacial score (nSPS) is 24.6. The molecule has 6 nitrogen and oxygen atoms in total. The second kappa shape index (κ2) is 5.95. The van der Waals surface area contributed by atoms with Crippen LogP contribution in [0.2, 0.25) is 0 Å². The molecule has 1 amide bonds. The van der Waals surface area contributed by atoms with Crippen LogP contribution in [0, 0.1) is 5.92 Å². The van der Waals surface area contributed by atoms with Gasteiger partial charge in [0.05, 0.1) is 12.5 Å². The lowest BCUT2D eigenvalue weighted by molar-refractivity contribution is -0.126. The third-order valence-corrected chi connectivity index (χ3v) is 3.63. The molecule has 2 atom stereocenters. The molecule has 0 spiro atoms. The number of hydrogen-bond donors (Lipinski definition) is 2. The Labute approximate surface area is 107 Å². The second-order valence-corrected chi connectivity index (χ2v) is 4.98. The number of amides is 1. The number of rotatable bonds is 3. The zero-order chi connectivity index (χ0) is 13.0. The summed E-state index contributed by atoms with van der Waals surface area (Å²) in [6.07, 6.45) is 6.87. The highest BCUT2D eigenvalue weighted by Crippen LogP contribution is 2.22. The van der Waals surface area contributed by atoms with Crippen LogP contribution >= 0.6 is 0 Å². The third kappa shape index (κ3) is 3.07. The second-order valence-electron chi connectivity index (χ2n) is 4.98. The number of nitrogens with zero attached hydrogens (tertiary/aromatic N) is 3. The van der Waals surface area contributed by atoms with Crippen LogP contribution in [0.15, 0.2) is 6.33 Å². The molecule has 0 saturated heterocycles. The molecule has 6 heteroatoms. The summed E-state index contributed by atoms with van der Waals surface area (Å²) in [5.74, 6) is 0.749. The van der Waals surface area contributed by atoms with E-state index in [9.17, 15) is 4.79 Å². The lowest BCUT2D eigenvalue weighted by atomic mass is 9.94. The van der Waals surface area contributed by atoms with Crippen LogP contribution in [0.4, 0.5) is 0 Å². The molecule has 1 aromatic heterocycles. The Morgan fingerprint density at radius 1 is 1.50 bits per heavy atom. The summed E-state index contributed by atoms with van der Waals surface area (Å²) in [5.41, 5.74) is 6.06. The maximum absolute atomic E-state index is 12.1. The molecule has 1 heterocycles. The van der Waals surface area contributed by atoms with Gasteiger partial charge in [0, 0.05) is 13.1 Å². The molecule has 100 valence electrons. The Morgan fingerprint density at radius 2 is 2.28 bits per heavy atom. The van der Waals surface area contributed by atoms with Crippen molar-refractivity contribution in [2.24, 2.45) is 18.7 Å². The Balaban J connectivity index is 1.88. The first-order valence-corrected chi connectivity index (χ1v) is 6.54. The molecule has 2 unspecified atom stereocenters. The number of nitrogens with two attached hydrogens (primary N) is 1. The van der Waals surface area contributed by atoms with Gasteiger partial charge in [-0.1, -0.05) is 19.3 Å². The quantitative estimate of drug-likeness (QED) is 0.758. The fourth-order valence-corrected chi connectivity index (χ4v) is 2.43. The molecule has 0 radical (unpaired) electrons. The fourth-order valence-electron chi connectivity index (χ4n) is 2.43. The van der Waals surface area contributed by atoms with Crippen LogP contribution in [0.1, 0.15) is 37.9 Å². The average molecular weight is 251 g/mol. The van der Waals surface area contributed by atoms with E-state index in [0.717, 1.165) is 31.5 Å². The Kier molecular flexibility index (Phi) is 4.30. The SMILES string of the molecule is Cn1cnnc1CNC(=O)C1CCCCCC1N. The van der Waals surface area contributed by atoms with Crippen molar-refractivity contribution in [1.29, 1.82) is 0 Å². The molecule has 0 bridgehead atoms. The molecule has 1 aliphatic carbocycles. The summed E-state index contributed by atoms with van der Waals surface area (Å²) in [4.78, 5) is 12.1. The summed E-state index contributed by atoms with van der Waals surface area (Å²) < 4.78 is 1.80. The monoisotopic (exact) mass is 251 g/mol. The highest BCUT2D eigenvalue weighted by atomic mass is 16.1. The standard InChI is InChI=1S/C12H21N5O/c1-17-8-15-16-11(17)7-14-12(18)9-5-3-2-4-6-10(9)13/h8-10H,2-7,13H2,1H3,(H,14,18). The van der Waals surface area contributed by atoms with Gasteiger partial charge in [0.15, 0.2) is 5.82 Å². The van der Waals surface area contributed by atoms with Gasteiger partial charge in [-0.05, 0) is 12.8 Å². The molecule has 0 aromatic carbocycles. The van der Waals surface area contributed by atoms with Gasteiger partial charge in [-0.2, -0.15) is 0 Å². The first-order chi connectivity index (χ1) is 8.68. The van der Waals surface area contributed by atoms with Crippen LogP contribution in [0.3, 0.4) is 0 Å². The average Bonchev–Trinajstić information content (AvgIpc) is 2.63. The van der Waals surface area contributed by atoms with Crippen molar-refractivity contribution in [3.63, 3.8) is 0 Å². The van der Waals surface area contributed by atoms with Gasteiger partial charge in [-0.25, -0.2) is 0 Å². The van der Waals surface area contributed by atoms with Gasteiger partial charge < -0.3 is 15.6 Å². The minimum Gasteiger partial charge on any atom is -0.349 e. The van der Waals surface area contributed by atoms with Gasteiger partial charge in [0.1, 0.15) is 6.33 Å². The molecule has 3 N–H and O–H groups in total. The molecule has 1 fully saturated rings. The molecule has 1 aliphatic rings. The van der Waals surface area contributed by atoms with Gasteiger partial charge in [0.25, 0.3) is 0 Å². The van der Waals surface area contributed by atoms with Crippen LogP contribution in [0.25, 0.3) is 0 Å². The van der Waals surface area contributed by atoms with E-state index in [1.165, 1.54) is 6.42 Å². The highest BCUT2D eigenvalue weighted by molar-refractivity contribution is 5.79. The van der Waals surface area contributed by atoms with E-state index in [4.69, 9.17) is 5.73 Å². The summed E-state index contributed by atoms with van der Waals surface area (Å²) in [6, 6.07) is -0.00741. The fraction of sp³-hybridized carbons (Fsp3) is 0.750. The molecule has 2 rings (SSSR count). The number of hydrogen-bond acceptors (Lipinski definition) is 4. The number of carbonyl (C=O) groups is 1. The van der Waals surface area contributed by atoms with Crippen molar-refractivity contribution < 1.29 is 4.79 Å². The number of aromatic nitrogens is 3. The van der Waals surface area contributed by atoms with Crippen molar-refractivity contribution in [1.82, 2.24) is 20.1 Å². The predicted molar refractivity (Wildman–Crippen MR) is 67.4 cm³/mol. The molecular weight excluding hydrogens is 230 g/mol. The smallest absolute Gasteiger partial charge is 0.225 e. The van der Waals surface area contributed by atoms with Crippen molar-refractivity contribution in [3.05, 3.63) is 12.2 Å². The molecular formula is C12H21N5O. The van der Waals surface area contributed by atoms with E-state index < -0.39 is 0 Å². The zero-order valence-electron chi connectivity index (χ0n) is 10.8. The minimum absolute atomic E-state index is 0.00741. The number of nitrogens with one attached hydrogen (secondary N) is 1. The van der Waals surface area contributed by atoms with E-state index >= 15 is 0 Å². The Hall–Kier alpha value is -1.43. The summed E-state index contributed by atoms with van der Waals surface area (Å²) in [6.45, 7) is 0.415. The molecule has 0 aliphatic heterocycles.